The minimum absolute atomic E-state index is 0.536. The van der Waals surface area contributed by atoms with Crippen molar-refractivity contribution < 1.29 is 0 Å². The molecule has 1 aliphatic carbocycles. The summed E-state index contributed by atoms with van der Waals surface area (Å²) >= 11 is 0. The zero-order valence-corrected chi connectivity index (χ0v) is 11.7. The number of nitrogens with zero attached hydrogens (tertiary/aromatic N) is 2. The Morgan fingerprint density at radius 3 is 2.58 bits per heavy atom. The molecule has 0 saturated heterocycles. The zero-order chi connectivity index (χ0) is 13.2. The molecule has 100 valence electrons. The fourth-order valence-electron chi connectivity index (χ4n) is 3.05. The van der Waals surface area contributed by atoms with Gasteiger partial charge < -0.3 is 5.32 Å². The Bertz CT molecular complexity index is 579. The molecule has 0 amide bonds. The summed E-state index contributed by atoms with van der Waals surface area (Å²) in [5, 5.41) is 14.7. The van der Waals surface area contributed by atoms with Gasteiger partial charge >= 0.3 is 0 Å². The normalized spacial score (nSPS) is 23.5. The van der Waals surface area contributed by atoms with Crippen molar-refractivity contribution in [2.45, 2.75) is 45.6 Å². The highest BCUT2D eigenvalue weighted by Crippen LogP contribution is 2.29. The van der Waals surface area contributed by atoms with E-state index in [9.17, 15) is 0 Å². The molecule has 1 heterocycles. The number of nitrogens with one attached hydrogen (secondary N) is 1. The van der Waals surface area contributed by atoms with Gasteiger partial charge in [-0.25, -0.2) is 0 Å². The van der Waals surface area contributed by atoms with E-state index in [4.69, 9.17) is 0 Å². The van der Waals surface area contributed by atoms with Crippen molar-refractivity contribution in [1.82, 2.24) is 10.2 Å². The second-order valence-electron chi connectivity index (χ2n) is 5.69. The van der Waals surface area contributed by atoms with Crippen LogP contribution in [0.5, 0.6) is 0 Å². The van der Waals surface area contributed by atoms with Gasteiger partial charge in [0.2, 0.25) is 0 Å². The van der Waals surface area contributed by atoms with Crippen LogP contribution in [-0.4, -0.2) is 16.2 Å². The Hall–Kier alpha value is -1.64. The lowest BCUT2D eigenvalue weighted by Crippen LogP contribution is -2.30. The third kappa shape index (κ3) is 2.42. The molecule has 1 fully saturated rings. The maximum absolute atomic E-state index is 4.37. The molecule has 19 heavy (non-hydrogen) atoms. The van der Waals surface area contributed by atoms with Crippen LogP contribution in [0.4, 0.5) is 5.82 Å². The molecule has 1 saturated carbocycles. The van der Waals surface area contributed by atoms with E-state index in [2.05, 4.69) is 46.7 Å². The second kappa shape index (κ2) is 5.16. The molecule has 3 heteroatoms. The number of aryl methyl sites for hydroxylation is 1. The molecule has 0 radical (unpaired) electrons. The Morgan fingerprint density at radius 1 is 1.05 bits per heavy atom. The van der Waals surface area contributed by atoms with Gasteiger partial charge in [0, 0.05) is 16.8 Å². The summed E-state index contributed by atoms with van der Waals surface area (Å²) in [4.78, 5) is 0. The second-order valence-corrected chi connectivity index (χ2v) is 5.69. The Balaban J connectivity index is 1.94. The van der Waals surface area contributed by atoms with Gasteiger partial charge in [-0.3, -0.25) is 0 Å². The SMILES string of the molecule is Cc1nnc(NC2CCCCC2C)c2ccccc12. The van der Waals surface area contributed by atoms with E-state index >= 15 is 0 Å². The third-order valence-corrected chi connectivity index (χ3v) is 4.31. The van der Waals surface area contributed by atoms with E-state index in [0.29, 0.717) is 6.04 Å². The highest BCUT2D eigenvalue weighted by molar-refractivity contribution is 5.92. The summed E-state index contributed by atoms with van der Waals surface area (Å²) in [6, 6.07) is 8.92. The van der Waals surface area contributed by atoms with E-state index < -0.39 is 0 Å². The van der Waals surface area contributed by atoms with Crippen LogP contribution < -0.4 is 5.32 Å². The molecule has 0 aliphatic heterocycles. The monoisotopic (exact) mass is 255 g/mol. The number of hydrogen-bond donors (Lipinski definition) is 1. The first kappa shape index (κ1) is 12.4. The van der Waals surface area contributed by atoms with E-state index in [1.807, 2.05) is 6.92 Å². The molecule has 0 spiro atoms. The van der Waals surface area contributed by atoms with Crippen molar-refractivity contribution in [2.75, 3.05) is 5.32 Å². The fraction of sp³-hybridized carbons (Fsp3) is 0.500. The van der Waals surface area contributed by atoms with Crippen LogP contribution in [0.3, 0.4) is 0 Å². The molecular weight excluding hydrogens is 234 g/mol. The fourth-order valence-corrected chi connectivity index (χ4v) is 3.05. The maximum Gasteiger partial charge on any atom is 0.156 e. The molecule has 0 bridgehead atoms. The van der Waals surface area contributed by atoms with Crippen molar-refractivity contribution in [3.8, 4) is 0 Å². The quantitative estimate of drug-likeness (QED) is 0.883. The van der Waals surface area contributed by atoms with Gasteiger partial charge in [-0.15, -0.1) is 5.10 Å². The van der Waals surface area contributed by atoms with Crippen LogP contribution >= 0.6 is 0 Å². The summed E-state index contributed by atoms with van der Waals surface area (Å²) in [6.45, 7) is 4.35. The van der Waals surface area contributed by atoms with Gasteiger partial charge in [-0.2, -0.15) is 5.10 Å². The van der Waals surface area contributed by atoms with E-state index in [-0.39, 0.29) is 0 Å². The number of hydrogen-bond acceptors (Lipinski definition) is 3. The van der Waals surface area contributed by atoms with Crippen LogP contribution in [0.15, 0.2) is 24.3 Å². The first-order valence-electron chi connectivity index (χ1n) is 7.24. The van der Waals surface area contributed by atoms with Crippen LogP contribution in [0.2, 0.25) is 0 Å². The van der Waals surface area contributed by atoms with E-state index in [1.165, 1.54) is 36.5 Å². The predicted molar refractivity (Wildman–Crippen MR) is 79.3 cm³/mol. The first-order chi connectivity index (χ1) is 9.25. The smallest absolute Gasteiger partial charge is 0.156 e. The largest absolute Gasteiger partial charge is 0.365 e. The van der Waals surface area contributed by atoms with Gasteiger partial charge in [0.25, 0.3) is 0 Å². The molecule has 1 aromatic carbocycles. The molecule has 1 aliphatic rings. The van der Waals surface area contributed by atoms with Crippen LogP contribution in [0.25, 0.3) is 10.8 Å². The van der Waals surface area contributed by atoms with E-state index in [0.717, 1.165) is 17.4 Å². The summed E-state index contributed by atoms with van der Waals surface area (Å²) < 4.78 is 0. The first-order valence-corrected chi connectivity index (χ1v) is 7.24. The average molecular weight is 255 g/mol. The van der Waals surface area contributed by atoms with Gasteiger partial charge in [0.1, 0.15) is 0 Å². The van der Waals surface area contributed by atoms with Crippen LogP contribution in [-0.2, 0) is 0 Å². The summed E-state index contributed by atoms with van der Waals surface area (Å²) in [7, 11) is 0. The van der Waals surface area contributed by atoms with Gasteiger partial charge in [-0.05, 0) is 25.7 Å². The topological polar surface area (TPSA) is 37.8 Å². The summed E-state index contributed by atoms with van der Waals surface area (Å²) in [5.74, 6) is 1.66. The van der Waals surface area contributed by atoms with Crippen molar-refractivity contribution in [2.24, 2.45) is 5.92 Å². The van der Waals surface area contributed by atoms with Crippen LogP contribution in [0, 0.1) is 12.8 Å². The standard InChI is InChI=1S/C16H21N3/c1-11-7-3-6-10-15(11)17-16-14-9-5-4-8-13(14)12(2)18-19-16/h4-5,8-9,11,15H,3,6-7,10H2,1-2H3,(H,17,19). The lowest BCUT2D eigenvalue weighted by atomic mass is 9.86. The predicted octanol–water partition coefficient (Wildman–Crippen LogP) is 3.93. The lowest BCUT2D eigenvalue weighted by Gasteiger charge is -2.30. The minimum atomic E-state index is 0.536. The Morgan fingerprint density at radius 2 is 1.79 bits per heavy atom. The average Bonchev–Trinajstić information content (AvgIpc) is 2.44. The molecule has 1 N–H and O–H groups in total. The Labute approximate surface area is 114 Å². The van der Waals surface area contributed by atoms with E-state index in [1.54, 1.807) is 0 Å². The van der Waals surface area contributed by atoms with Gasteiger partial charge in [0.15, 0.2) is 5.82 Å². The zero-order valence-electron chi connectivity index (χ0n) is 11.7. The molecule has 3 rings (SSSR count). The maximum atomic E-state index is 4.37. The Kier molecular flexibility index (Phi) is 3.36. The number of rotatable bonds is 2. The lowest BCUT2D eigenvalue weighted by molar-refractivity contribution is 0.349. The van der Waals surface area contributed by atoms with Crippen molar-refractivity contribution in [1.29, 1.82) is 0 Å². The molecule has 2 aromatic rings. The van der Waals surface area contributed by atoms with Gasteiger partial charge in [-0.1, -0.05) is 44.0 Å². The number of fused-ring (bicyclic) bond motifs is 1. The van der Waals surface area contributed by atoms with Crippen molar-refractivity contribution >= 4 is 16.6 Å². The highest BCUT2D eigenvalue weighted by atomic mass is 15.2. The highest BCUT2D eigenvalue weighted by Gasteiger charge is 2.22. The number of aromatic nitrogens is 2. The van der Waals surface area contributed by atoms with Crippen molar-refractivity contribution in [3.63, 3.8) is 0 Å². The minimum Gasteiger partial charge on any atom is -0.365 e. The number of anilines is 1. The van der Waals surface area contributed by atoms with Crippen molar-refractivity contribution in [3.05, 3.63) is 30.0 Å². The molecular formula is C16H21N3. The molecule has 2 unspecified atom stereocenters. The molecule has 2 atom stereocenters. The third-order valence-electron chi connectivity index (χ3n) is 4.31. The van der Waals surface area contributed by atoms with Crippen LogP contribution in [0.1, 0.15) is 38.3 Å². The molecule has 1 aromatic heterocycles. The van der Waals surface area contributed by atoms with Gasteiger partial charge in [0.05, 0.1) is 5.69 Å². The number of benzene rings is 1. The molecule has 3 nitrogen and oxygen atoms in total. The summed E-state index contributed by atoms with van der Waals surface area (Å²) in [6.07, 6.45) is 5.23. The summed E-state index contributed by atoms with van der Waals surface area (Å²) in [5.41, 5.74) is 0.998.